The number of hydroxylamine groups is 2. The summed E-state index contributed by atoms with van der Waals surface area (Å²) in [4.78, 5) is 5.56. The van der Waals surface area contributed by atoms with Crippen LogP contribution < -0.4 is 5.32 Å². The maximum absolute atomic E-state index is 5.56. The van der Waals surface area contributed by atoms with Gasteiger partial charge in [-0.05, 0) is 32.7 Å². The number of nitrogens with zero attached hydrogens (tertiary/aromatic N) is 1. The van der Waals surface area contributed by atoms with Crippen molar-refractivity contribution < 1.29 is 4.84 Å². The molecule has 3 nitrogen and oxygen atoms in total. The van der Waals surface area contributed by atoms with Gasteiger partial charge in [0.15, 0.2) is 0 Å². The first-order chi connectivity index (χ1) is 6.38. The minimum absolute atomic E-state index is 0.544. The Bertz CT molecular complexity index is 151. The molecule has 0 radical (unpaired) electrons. The van der Waals surface area contributed by atoms with Gasteiger partial charge in [-0.3, -0.25) is 4.84 Å². The molecule has 2 rings (SSSR count). The van der Waals surface area contributed by atoms with E-state index in [0.717, 1.165) is 13.2 Å². The molecule has 13 heavy (non-hydrogen) atoms. The fraction of sp³-hybridized carbons (Fsp3) is 1.00. The van der Waals surface area contributed by atoms with Crippen LogP contribution in [0, 0.1) is 0 Å². The second-order valence-electron chi connectivity index (χ2n) is 4.12. The molecule has 0 aromatic heterocycles. The van der Waals surface area contributed by atoms with Crippen molar-refractivity contribution >= 4 is 0 Å². The molecular formula is C10H20N2O. The Hall–Kier alpha value is -0.120. The Morgan fingerprint density at radius 2 is 2.31 bits per heavy atom. The van der Waals surface area contributed by atoms with Crippen molar-refractivity contribution in [1.29, 1.82) is 0 Å². The molecule has 2 fully saturated rings. The predicted octanol–water partition coefficient (Wildman–Crippen LogP) is 1.15. The SMILES string of the molecule is CC(C1CCCCN1)N1CCCO1. The summed E-state index contributed by atoms with van der Waals surface area (Å²) < 4.78 is 0. The van der Waals surface area contributed by atoms with E-state index in [4.69, 9.17) is 4.84 Å². The van der Waals surface area contributed by atoms with E-state index in [9.17, 15) is 0 Å². The summed E-state index contributed by atoms with van der Waals surface area (Å²) in [5.41, 5.74) is 0. The van der Waals surface area contributed by atoms with Crippen molar-refractivity contribution in [2.75, 3.05) is 19.7 Å². The minimum Gasteiger partial charge on any atom is -0.312 e. The van der Waals surface area contributed by atoms with E-state index in [0.29, 0.717) is 12.1 Å². The Morgan fingerprint density at radius 3 is 2.92 bits per heavy atom. The molecule has 1 N–H and O–H groups in total. The molecule has 2 saturated heterocycles. The lowest BCUT2D eigenvalue weighted by Crippen LogP contribution is -2.49. The van der Waals surface area contributed by atoms with Crippen LogP contribution in [0.15, 0.2) is 0 Å². The summed E-state index contributed by atoms with van der Waals surface area (Å²) >= 11 is 0. The zero-order valence-electron chi connectivity index (χ0n) is 8.46. The molecule has 0 aromatic carbocycles. The van der Waals surface area contributed by atoms with Crippen LogP contribution in [0.25, 0.3) is 0 Å². The average Bonchev–Trinajstić information content (AvgIpc) is 2.71. The lowest BCUT2D eigenvalue weighted by Gasteiger charge is -2.33. The number of nitrogens with one attached hydrogen (secondary N) is 1. The average molecular weight is 184 g/mol. The van der Waals surface area contributed by atoms with E-state index in [-0.39, 0.29) is 0 Å². The van der Waals surface area contributed by atoms with Gasteiger partial charge in [0, 0.05) is 18.6 Å². The molecule has 2 aliphatic heterocycles. The molecule has 2 heterocycles. The Morgan fingerprint density at radius 1 is 1.38 bits per heavy atom. The monoisotopic (exact) mass is 184 g/mol. The largest absolute Gasteiger partial charge is 0.312 e. The zero-order chi connectivity index (χ0) is 9.10. The zero-order valence-corrected chi connectivity index (χ0v) is 8.46. The predicted molar refractivity (Wildman–Crippen MR) is 52.4 cm³/mol. The van der Waals surface area contributed by atoms with Gasteiger partial charge in [0.1, 0.15) is 0 Å². The number of piperidine rings is 1. The highest BCUT2D eigenvalue weighted by Gasteiger charge is 2.27. The van der Waals surface area contributed by atoms with Crippen molar-refractivity contribution in [3.8, 4) is 0 Å². The van der Waals surface area contributed by atoms with Crippen LogP contribution in [0.1, 0.15) is 32.6 Å². The molecule has 2 unspecified atom stereocenters. The third-order valence-corrected chi connectivity index (χ3v) is 3.16. The summed E-state index contributed by atoms with van der Waals surface area (Å²) in [6.07, 6.45) is 5.21. The minimum atomic E-state index is 0.544. The summed E-state index contributed by atoms with van der Waals surface area (Å²) in [7, 11) is 0. The number of rotatable bonds is 2. The molecule has 2 atom stereocenters. The molecule has 0 amide bonds. The van der Waals surface area contributed by atoms with Gasteiger partial charge in [-0.15, -0.1) is 0 Å². The van der Waals surface area contributed by atoms with Crippen molar-refractivity contribution in [1.82, 2.24) is 10.4 Å². The topological polar surface area (TPSA) is 24.5 Å². The summed E-state index contributed by atoms with van der Waals surface area (Å²) in [6.45, 7) is 5.48. The lowest BCUT2D eigenvalue weighted by atomic mass is 9.99. The van der Waals surface area contributed by atoms with Gasteiger partial charge in [0.05, 0.1) is 6.61 Å². The van der Waals surface area contributed by atoms with Gasteiger partial charge >= 0.3 is 0 Å². The fourth-order valence-corrected chi connectivity index (χ4v) is 2.28. The molecule has 3 heteroatoms. The quantitative estimate of drug-likeness (QED) is 0.697. The van der Waals surface area contributed by atoms with E-state index in [1.165, 1.54) is 32.2 Å². The second-order valence-corrected chi connectivity index (χ2v) is 4.12. The molecule has 0 saturated carbocycles. The number of hydrogen-bond acceptors (Lipinski definition) is 3. The van der Waals surface area contributed by atoms with E-state index >= 15 is 0 Å². The first kappa shape index (κ1) is 9.44. The Balaban J connectivity index is 1.83. The third-order valence-electron chi connectivity index (χ3n) is 3.16. The molecule has 0 bridgehead atoms. The van der Waals surface area contributed by atoms with Crippen molar-refractivity contribution in [3.05, 3.63) is 0 Å². The maximum Gasteiger partial charge on any atom is 0.0698 e. The lowest BCUT2D eigenvalue weighted by molar-refractivity contribution is -0.145. The van der Waals surface area contributed by atoms with Gasteiger partial charge in [0.2, 0.25) is 0 Å². The normalized spacial score (nSPS) is 33.5. The smallest absolute Gasteiger partial charge is 0.0698 e. The van der Waals surface area contributed by atoms with Crippen LogP contribution in [-0.2, 0) is 4.84 Å². The van der Waals surface area contributed by atoms with Crippen molar-refractivity contribution in [3.63, 3.8) is 0 Å². The molecule has 0 spiro atoms. The molecule has 0 aliphatic carbocycles. The standard InChI is InChI=1S/C10H20N2O/c1-9(12-7-4-8-13-12)10-5-2-3-6-11-10/h9-11H,2-8H2,1H3. The molecule has 2 aliphatic rings. The Kier molecular flexibility index (Phi) is 3.19. The van der Waals surface area contributed by atoms with Crippen molar-refractivity contribution in [2.45, 2.75) is 44.7 Å². The summed E-state index contributed by atoms with van der Waals surface area (Å²) in [5, 5.41) is 5.73. The number of hydrogen-bond donors (Lipinski definition) is 1. The van der Waals surface area contributed by atoms with Gasteiger partial charge < -0.3 is 5.32 Å². The van der Waals surface area contributed by atoms with Gasteiger partial charge in [0.25, 0.3) is 0 Å². The van der Waals surface area contributed by atoms with Crippen LogP contribution in [0.2, 0.25) is 0 Å². The maximum atomic E-state index is 5.56. The first-order valence-electron chi connectivity index (χ1n) is 5.51. The van der Waals surface area contributed by atoms with E-state index < -0.39 is 0 Å². The van der Waals surface area contributed by atoms with E-state index in [1.807, 2.05) is 0 Å². The summed E-state index contributed by atoms with van der Waals surface area (Å²) in [6, 6.07) is 1.19. The van der Waals surface area contributed by atoms with Gasteiger partial charge in [-0.2, -0.15) is 5.06 Å². The third kappa shape index (κ3) is 2.22. The Labute approximate surface area is 80.4 Å². The van der Waals surface area contributed by atoms with Gasteiger partial charge in [-0.25, -0.2) is 0 Å². The van der Waals surface area contributed by atoms with Crippen LogP contribution in [0.3, 0.4) is 0 Å². The van der Waals surface area contributed by atoms with E-state index in [1.54, 1.807) is 0 Å². The van der Waals surface area contributed by atoms with Crippen LogP contribution in [-0.4, -0.2) is 36.8 Å². The highest BCUT2D eigenvalue weighted by Crippen LogP contribution is 2.17. The highest BCUT2D eigenvalue weighted by molar-refractivity contribution is 4.82. The second kappa shape index (κ2) is 4.40. The van der Waals surface area contributed by atoms with Crippen molar-refractivity contribution in [2.24, 2.45) is 0 Å². The summed E-state index contributed by atoms with van der Waals surface area (Å²) in [5.74, 6) is 0. The molecule has 76 valence electrons. The molecular weight excluding hydrogens is 164 g/mol. The first-order valence-corrected chi connectivity index (χ1v) is 5.51. The fourth-order valence-electron chi connectivity index (χ4n) is 2.28. The molecule has 0 aromatic rings. The van der Waals surface area contributed by atoms with Gasteiger partial charge in [-0.1, -0.05) is 6.42 Å². The van der Waals surface area contributed by atoms with Crippen LogP contribution >= 0.6 is 0 Å². The van der Waals surface area contributed by atoms with E-state index in [2.05, 4.69) is 17.3 Å². The van der Waals surface area contributed by atoms with Crippen LogP contribution in [0.4, 0.5) is 0 Å². The highest BCUT2D eigenvalue weighted by atomic mass is 16.7. The van der Waals surface area contributed by atoms with Crippen LogP contribution in [0.5, 0.6) is 0 Å².